The summed E-state index contributed by atoms with van der Waals surface area (Å²) >= 11 is 0. The SMILES string of the molecule is CC(C)(C)NC(=O)c1ccc(NCC(=O)Nc2cccc(OCC3CCCO3)c2)cc1. The van der Waals surface area contributed by atoms with Crippen molar-refractivity contribution in [1.29, 1.82) is 0 Å². The number of ether oxygens (including phenoxy) is 2. The van der Waals surface area contributed by atoms with Gasteiger partial charge in [0.2, 0.25) is 5.91 Å². The smallest absolute Gasteiger partial charge is 0.251 e. The highest BCUT2D eigenvalue weighted by atomic mass is 16.5. The first-order valence-corrected chi connectivity index (χ1v) is 10.6. The van der Waals surface area contributed by atoms with E-state index in [0.717, 1.165) is 25.1 Å². The van der Waals surface area contributed by atoms with Crippen molar-refractivity contribution in [3.8, 4) is 5.75 Å². The van der Waals surface area contributed by atoms with Gasteiger partial charge in [-0.05, 0) is 70.0 Å². The maximum Gasteiger partial charge on any atom is 0.251 e. The molecule has 0 saturated carbocycles. The summed E-state index contributed by atoms with van der Waals surface area (Å²) in [6, 6.07) is 14.4. The lowest BCUT2D eigenvalue weighted by Gasteiger charge is -2.20. The molecule has 1 aliphatic heterocycles. The van der Waals surface area contributed by atoms with Crippen LogP contribution in [0, 0.1) is 0 Å². The molecule has 2 aromatic rings. The van der Waals surface area contributed by atoms with E-state index in [9.17, 15) is 9.59 Å². The predicted octanol–water partition coefficient (Wildman–Crippen LogP) is 3.82. The first kappa shape index (κ1) is 22.6. The summed E-state index contributed by atoms with van der Waals surface area (Å²) in [4.78, 5) is 24.5. The van der Waals surface area contributed by atoms with E-state index in [0.29, 0.717) is 23.6 Å². The molecule has 1 saturated heterocycles. The van der Waals surface area contributed by atoms with Gasteiger partial charge in [0.05, 0.1) is 12.6 Å². The van der Waals surface area contributed by atoms with Crippen LogP contribution in [0.15, 0.2) is 48.5 Å². The second-order valence-electron chi connectivity index (χ2n) is 8.66. The molecular weight excluding hydrogens is 394 g/mol. The molecule has 31 heavy (non-hydrogen) atoms. The summed E-state index contributed by atoms with van der Waals surface area (Å²) in [5.41, 5.74) is 1.71. The van der Waals surface area contributed by atoms with Crippen molar-refractivity contribution in [3.05, 3.63) is 54.1 Å². The van der Waals surface area contributed by atoms with Gasteiger partial charge < -0.3 is 25.4 Å². The number of hydrogen-bond donors (Lipinski definition) is 3. The fourth-order valence-corrected chi connectivity index (χ4v) is 3.17. The van der Waals surface area contributed by atoms with Crippen LogP contribution in [-0.2, 0) is 9.53 Å². The highest BCUT2D eigenvalue weighted by molar-refractivity contribution is 5.95. The molecule has 2 aromatic carbocycles. The summed E-state index contributed by atoms with van der Waals surface area (Å²) in [5, 5.41) is 8.84. The number of benzene rings is 2. The van der Waals surface area contributed by atoms with Gasteiger partial charge in [-0.1, -0.05) is 6.07 Å². The molecule has 0 bridgehead atoms. The average Bonchev–Trinajstić information content (AvgIpc) is 3.24. The lowest BCUT2D eigenvalue weighted by molar-refractivity contribution is -0.114. The molecular formula is C24H31N3O4. The topological polar surface area (TPSA) is 88.7 Å². The van der Waals surface area contributed by atoms with E-state index in [4.69, 9.17) is 9.47 Å². The summed E-state index contributed by atoms with van der Waals surface area (Å²) in [6.07, 6.45) is 2.24. The molecule has 0 aliphatic carbocycles. The molecule has 0 spiro atoms. The maximum atomic E-state index is 12.3. The standard InChI is InChI=1S/C24H31N3O4/c1-24(2,3)27-23(29)17-9-11-18(12-10-17)25-15-22(28)26-19-6-4-7-20(14-19)31-16-21-8-5-13-30-21/h4,6-7,9-12,14,21,25H,5,8,13,15-16H2,1-3H3,(H,26,28)(H,27,29). The van der Waals surface area contributed by atoms with Crippen LogP contribution in [0.2, 0.25) is 0 Å². The van der Waals surface area contributed by atoms with Crippen molar-refractivity contribution in [3.63, 3.8) is 0 Å². The lowest BCUT2D eigenvalue weighted by atomic mass is 10.1. The Kier molecular flexibility index (Phi) is 7.52. The quantitative estimate of drug-likeness (QED) is 0.598. The fourth-order valence-electron chi connectivity index (χ4n) is 3.17. The Morgan fingerprint density at radius 3 is 2.55 bits per heavy atom. The number of anilines is 2. The number of rotatable bonds is 8. The third kappa shape index (κ3) is 7.61. The van der Waals surface area contributed by atoms with Gasteiger partial charge in [0, 0.05) is 35.2 Å². The Balaban J connectivity index is 1.45. The molecule has 0 aromatic heterocycles. The molecule has 1 unspecified atom stereocenters. The highest BCUT2D eigenvalue weighted by Gasteiger charge is 2.16. The van der Waals surface area contributed by atoms with E-state index in [-0.39, 0.29) is 30.0 Å². The van der Waals surface area contributed by atoms with Gasteiger partial charge in [0.1, 0.15) is 12.4 Å². The minimum atomic E-state index is -0.293. The molecule has 3 rings (SSSR count). The van der Waals surface area contributed by atoms with Gasteiger partial charge >= 0.3 is 0 Å². The van der Waals surface area contributed by atoms with Gasteiger partial charge in [-0.15, -0.1) is 0 Å². The molecule has 7 nitrogen and oxygen atoms in total. The molecule has 1 fully saturated rings. The average molecular weight is 426 g/mol. The predicted molar refractivity (Wildman–Crippen MR) is 122 cm³/mol. The molecule has 166 valence electrons. The highest BCUT2D eigenvalue weighted by Crippen LogP contribution is 2.20. The van der Waals surface area contributed by atoms with E-state index in [1.54, 1.807) is 30.3 Å². The number of carbonyl (C=O) groups is 2. The minimum Gasteiger partial charge on any atom is -0.491 e. The summed E-state index contributed by atoms with van der Waals surface area (Å²) in [7, 11) is 0. The van der Waals surface area contributed by atoms with E-state index >= 15 is 0 Å². The van der Waals surface area contributed by atoms with Crippen molar-refractivity contribution >= 4 is 23.2 Å². The van der Waals surface area contributed by atoms with Crippen LogP contribution in [0.1, 0.15) is 44.0 Å². The maximum absolute atomic E-state index is 12.3. The number of carbonyl (C=O) groups excluding carboxylic acids is 2. The normalized spacial score (nSPS) is 15.9. The van der Waals surface area contributed by atoms with Gasteiger partial charge in [-0.3, -0.25) is 9.59 Å². The zero-order chi connectivity index (χ0) is 22.3. The van der Waals surface area contributed by atoms with Crippen molar-refractivity contribution in [1.82, 2.24) is 5.32 Å². The number of hydrogen-bond acceptors (Lipinski definition) is 5. The van der Waals surface area contributed by atoms with Crippen LogP contribution in [0.5, 0.6) is 5.75 Å². The summed E-state index contributed by atoms with van der Waals surface area (Å²) in [6.45, 7) is 7.23. The van der Waals surface area contributed by atoms with Crippen LogP contribution in [0.4, 0.5) is 11.4 Å². The van der Waals surface area contributed by atoms with E-state index in [1.807, 2.05) is 39.0 Å². The number of amides is 2. The van der Waals surface area contributed by atoms with Crippen LogP contribution in [-0.4, -0.2) is 43.2 Å². The van der Waals surface area contributed by atoms with Gasteiger partial charge in [-0.25, -0.2) is 0 Å². The second-order valence-corrected chi connectivity index (χ2v) is 8.66. The molecule has 1 atom stereocenters. The monoisotopic (exact) mass is 425 g/mol. The molecule has 0 radical (unpaired) electrons. The van der Waals surface area contributed by atoms with Crippen molar-refractivity contribution in [2.24, 2.45) is 0 Å². The van der Waals surface area contributed by atoms with Crippen LogP contribution in [0.25, 0.3) is 0 Å². The van der Waals surface area contributed by atoms with Gasteiger partial charge in [0.15, 0.2) is 0 Å². The number of nitrogens with one attached hydrogen (secondary N) is 3. The Morgan fingerprint density at radius 2 is 1.87 bits per heavy atom. The molecule has 3 N–H and O–H groups in total. The van der Waals surface area contributed by atoms with Crippen molar-refractivity contribution < 1.29 is 19.1 Å². The lowest BCUT2D eigenvalue weighted by Crippen LogP contribution is -2.40. The zero-order valence-electron chi connectivity index (χ0n) is 18.4. The van der Waals surface area contributed by atoms with Crippen molar-refractivity contribution in [2.75, 3.05) is 30.4 Å². The van der Waals surface area contributed by atoms with E-state index in [1.165, 1.54) is 0 Å². The Hall–Kier alpha value is -3.06. The van der Waals surface area contributed by atoms with Gasteiger partial charge in [-0.2, -0.15) is 0 Å². The van der Waals surface area contributed by atoms with E-state index < -0.39 is 0 Å². The minimum absolute atomic E-state index is 0.106. The third-order valence-electron chi connectivity index (χ3n) is 4.67. The first-order chi connectivity index (χ1) is 14.8. The van der Waals surface area contributed by atoms with Crippen molar-refractivity contribution in [2.45, 2.75) is 45.3 Å². The Bertz CT molecular complexity index is 884. The zero-order valence-corrected chi connectivity index (χ0v) is 18.4. The third-order valence-corrected chi connectivity index (χ3v) is 4.67. The Labute approximate surface area is 183 Å². The van der Waals surface area contributed by atoms with Crippen LogP contribution in [0.3, 0.4) is 0 Å². The summed E-state index contributed by atoms with van der Waals surface area (Å²) in [5.74, 6) is 0.398. The Morgan fingerprint density at radius 1 is 1.10 bits per heavy atom. The second kappa shape index (κ2) is 10.3. The molecule has 1 aliphatic rings. The van der Waals surface area contributed by atoms with E-state index in [2.05, 4.69) is 16.0 Å². The van der Waals surface area contributed by atoms with Crippen LogP contribution < -0.4 is 20.7 Å². The fraction of sp³-hybridized carbons (Fsp3) is 0.417. The summed E-state index contributed by atoms with van der Waals surface area (Å²) < 4.78 is 11.3. The van der Waals surface area contributed by atoms with Gasteiger partial charge in [0.25, 0.3) is 5.91 Å². The molecule has 2 amide bonds. The van der Waals surface area contributed by atoms with Crippen LogP contribution >= 0.6 is 0 Å². The first-order valence-electron chi connectivity index (χ1n) is 10.6. The molecule has 7 heteroatoms. The molecule has 1 heterocycles. The largest absolute Gasteiger partial charge is 0.491 e.